The molecule has 3 aliphatic rings. The van der Waals surface area contributed by atoms with E-state index in [1.165, 1.54) is 35.9 Å². The number of hydrazine groups is 1. The van der Waals surface area contributed by atoms with Gasteiger partial charge in [0.25, 0.3) is 5.91 Å². The molecule has 11 nitrogen and oxygen atoms in total. The normalized spacial score (nSPS) is 18.3. The first-order chi connectivity index (χ1) is 19.3. The number of rotatable bonds is 8. The molecule has 40 heavy (non-hydrogen) atoms. The van der Waals surface area contributed by atoms with Gasteiger partial charge < -0.3 is 34.5 Å². The third kappa shape index (κ3) is 4.33. The standard InChI is InChI=1S/C28H32FN9O2/c1-17-4-5-35-16-33-22(25(35)24(17)29)7-32-27(39)21(30)11-38(31)10-20-9-36-8-19(18-2-3-18)6-23(26(36)34-20)37-12-28(13-37)14-40-15-28/h4-6,8-9,11,16,18H,2-3,7,10,12-15,30-31H2,1H3,(H,32,39)/b21-11-. The van der Waals surface area contributed by atoms with Crippen LogP contribution in [0.1, 0.15) is 41.3 Å². The molecule has 4 aromatic rings. The zero-order valence-corrected chi connectivity index (χ0v) is 22.3. The monoisotopic (exact) mass is 545 g/mol. The Balaban J connectivity index is 1.04. The number of carbonyl (C=O) groups is 1. The summed E-state index contributed by atoms with van der Waals surface area (Å²) in [6.07, 6.45) is 11.2. The van der Waals surface area contributed by atoms with Crippen molar-refractivity contribution in [3.63, 3.8) is 0 Å². The molecule has 1 amide bonds. The topological polar surface area (TPSA) is 131 Å². The molecule has 5 N–H and O–H groups in total. The number of anilines is 1. The van der Waals surface area contributed by atoms with Gasteiger partial charge in [0.1, 0.15) is 11.2 Å². The first-order valence-corrected chi connectivity index (χ1v) is 13.5. The van der Waals surface area contributed by atoms with Gasteiger partial charge in [-0.2, -0.15) is 0 Å². The number of ether oxygens (including phenoxy) is 1. The van der Waals surface area contributed by atoms with Crippen LogP contribution in [0.3, 0.4) is 0 Å². The molecule has 0 bridgehead atoms. The Morgan fingerprint density at radius 3 is 2.83 bits per heavy atom. The molecule has 0 atom stereocenters. The summed E-state index contributed by atoms with van der Waals surface area (Å²) in [5.74, 6) is 5.93. The van der Waals surface area contributed by atoms with E-state index in [1.807, 2.05) is 6.20 Å². The number of aryl methyl sites for hydroxylation is 1. The van der Waals surface area contributed by atoms with Gasteiger partial charge in [0, 0.05) is 37.9 Å². The van der Waals surface area contributed by atoms with Gasteiger partial charge in [-0.15, -0.1) is 0 Å². The second-order valence-electron chi connectivity index (χ2n) is 11.4. The second kappa shape index (κ2) is 9.20. The number of carbonyl (C=O) groups excluding carboxylic acids is 1. The second-order valence-corrected chi connectivity index (χ2v) is 11.4. The molecule has 0 aromatic carbocycles. The summed E-state index contributed by atoms with van der Waals surface area (Å²) < 4.78 is 23.7. The Kier molecular flexibility index (Phi) is 5.72. The van der Waals surface area contributed by atoms with E-state index in [0.29, 0.717) is 28.1 Å². The van der Waals surface area contributed by atoms with Crippen molar-refractivity contribution in [2.24, 2.45) is 17.0 Å². The number of nitrogens with two attached hydrogens (primary N) is 2. The smallest absolute Gasteiger partial charge is 0.269 e. The van der Waals surface area contributed by atoms with Crippen molar-refractivity contribution < 1.29 is 13.9 Å². The highest BCUT2D eigenvalue weighted by atomic mass is 19.1. The number of fused-ring (bicyclic) bond motifs is 2. The fourth-order valence-corrected chi connectivity index (χ4v) is 5.68. The van der Waals surface area contributed by atoms with Crippen LogP contribution in [-0.2, 0) is 22.6 Å². The summed E-state index contributed by atoms with van der Waals surface area (Å²) >= 11 is 0. The quantitative estimate of drug-likeness (QED) is 0.174. The zero-order chi connectivity index (χ0) is 27.6. The third-order valence-corrected chi connectivity index (χ3v) is 8.10. The molecule has 3 fully saturated rings. The molecule has 2 aliphatic heterocycles. The number of halogens is 1. The number of imidazole rings is 2. The Labute approximate surface area is 230 Å². The predicted molar refractivity (Wildman–Crippen MR) is 146 cm³/mol. The number of pyridine rings is 2. The molecule has 6 heterocycles. The maximum absolute atomic E-state index is 14.6. The highest BCUT2D eigenvalue weighted by Crippen LogP contribution is 2.45. The Morgan fingerprint density at radius 1 is 1.30 bits per heavy atom. The predicted octanol–water partition coefficient (Wildman–Crippen LogP) is 1.94. The fraction of sp³-hybridized carbons (Fsp3) is 0.393. The largest absolute Gasteiger partial charge is 0.393 e. The van der Waals surface area contributed by atoms with E-state index in [1.54, 1.807) is 23.6 Å². The Morgan fingerprint density at radius 2 is 2.10 bits per heavy atom. The van der Waals surface area contributed by atoms with E-state index < -0.39 is 5.91 Å². The molecule has 1 spiro atoms. The molecule has 1 saturated carbocycles. The Hall–Kier alpha value is -4.16. The lowest BCUT2D eigenvalue weighted by Gasteiger charge is -2.56. The van der Waals surface area contributed by atoms with Crippen molar-refractivity contribution in [3.8, 4) is 0 Å². The minimum atomic E-state index is -0.525. The molecule has 2 saturated heterocycles. The number of nitrogens with zero attached hydrogens (tertiary/aromatic N) is 6. The van der Waals surface area contributed by atoms with Gasteiger partial charge >= 0.3 is 0 Å². The van der Waals surface area contributed by atoms with Crippen molar-refractivity contribution in [1.29, 1.82) is 0 Å². The molecule has 208 valence electrons. The molecule has 0 radical (unpaired) electrons. The molecule has 0 unspecified atom stereocenters. The fourth-order valence-electron chi connectivity index (χ4n) is 5.68. The SMILES string of the molecule is Cc1ccn2cnc(CNC(=O)/C(N)=C/N(N)Cc3cn4cc(C5CC5)cc(N5CC6(COC6)C5)c4n3)c2c1F. The van der Waals surface area contributed by atoms with Crippen molar-refractivity contribution in [2.75, 3.05) is 31.2 Å². The van der Waals surface area contributed by atoms with E-state index in [-0.39, 0.29) is 24.6 Å². The number of amides is 1. The summed E-state index contributed by atoms with van der Waals surface area (Å²) in [7, 11) is 0. The summed E-state index contributed by atoms with van der Waals surface area (Å²) in [4.78, 5) is 24.2. The average Bonchev–Trinajstić information content (AvgIpc) is 3.52. The maximum atomic E-state index is 14.6. The lowest BCUT2D eigenvalue weighted by molar-refractivity contribution is -0.126. The van der Waals surface area contributed by atoms with Gasteiger partial charge in [-0.1, -0.05) is 0 Å². The van der Waals surface area contributed by atoms with Gasteiger partial charge in [-0.3, -0.25) is 4.79 Å². The number of aromatic nitrogens is 4. The molecular formula is C28H32FN9O2. The summed E-state index contributed by atoms with van der Waals surface area (Å²) in [6.45, 7) is 5.61. The highest BCUT2D eigenvalue weighted by Gasteiger charge is 2.49. The van der Waals surface area contributed by atoms with Gasteiger partial charge in [0.2, 0.25) is 0 Å². The maximum Gasteiger partial charge on any atom is 0.269 e. The van der Waals surface area contributed by atoms with E-state index in [4.69, 9.17) is 21.3 Å². The molecule has 4 aromatic heterocycles. The summed E-state index contributed by atoms with van der Waals surface area (Å²) in [6, 6.07) is 3.96. The van der Waals surface area contributed by atoms with E-state index in [2.05, 4.69) is 31.9 Å². The average molecular weight is 546 g/mol. The first-order valence-electron chi connectivity index (χ1n) is 13.5. The van der Waals surface area contributed by atoms with Gasteiger partial charge in [0.15, 0.2) is 11.5 Å². The lowest BCUT2D eigenvalue weighted by atomic mass is 9.78. The van der Waals surface area contributed by atoms with Crippen LogP contribution in [0.2, 0.25) is 0 Å². The summed E-state index contributed by atoms with van der Waals surface area (Å²) in [5.41, 5.74) is 11.6. The van der Waals surface area contributed by atoms with Gasteiger partial charge in [0.05, 0.1) is 55.1 Å². The van der Waals surface area contributed by atoms with Crippen LogP contribution >= 0.6 is 0 Å². The number of nitrogens with one attached hydrogen (secondary N) is 1. The highest BCUT2D eigenvalue weighted by molar-refractivity contribution is 5.92. The van der Waals surface area contributed by atoms with Crippen LogP contribution in [0.5, 0.6) is 0 Å². The van der Waals surface area contributed by atoms with Crippen molar-refractivity contribution in [1.82, 2.24) is 29.1 Å². The van der Waals surface area contributed by atoms with Crippen LogP contribution < -0.4 is 21.8 Å². The van der Waals surface area contributed by atoms with Crippen molar-refractivity contribution in [3.05, 3.63) is 77.3 Å². The van der Waals surface area contributed by atoms with Gasteiger partial charge in [-0.05, 0) is 48.9 Å². The van der Waals surface area contributed by atoms with E-state index >= 15 is 0 Å². The van der Waals surface area contributed by atoms with Crippen LogP contribution in [0.25, 0.3) is 11.2 Å². The minimum absolute atomic E-state index is 0.0251. The molecule has 7 rings (SSSR count). The first kappa shape index (κ1) is 24.9. The van der Waals surface area contributed by atoms with Crippen LogP contribution in [0, 0.1) is 18.2 Å². The van der Waals surface area contributed by atoms with Gasteiger partial charge in [-0.25, -0.2) is 20.2 Å². The Bertz CT molecular complexity index is 1660. The van der Waals surface area contributed by atoms with E-state index in [0.717, 1.165) is 43.3 Å². The van der Waals surface area contributed by atoms with Crippen LogP contribution in [0.15, 0.2) is 48.9 Å². The number of hydrogen-bond acceptors (Lipinski definition) is 8. The molecular weight excluding hydrogens is 513 g/mol. The van der Waals surface area contributed by atoms with Crippen LogP contribution in [-0.4, -0.2) is 56.0 Å². The number of hydrogen-bond donors (Lipinski definition) is 3. The van der Waals surface area contributed by atoms with Crippen molar-refractivity contribution >= 4 is 22.8 Å². The lowest BCUT2D eigenvalue weighted by Crippen LogP contribution is -2.66. The van der Waals surface area contributed by atoms with E-state index in [9.17, 15) is 9.18 Å². The zero-order valence-electron chi connectivity index (χ0n) is 22.3. The van der Waals surface area contributed by atoms with Crippen molar-refractivity contribution in [2.45, 2.75) is 38.8 Å². The minimum Gasteiger partial charge on any atom is -0.393 e. The third-order valence-electron chi connectivity index (χ3n) is 8.10. The molecule has 12 heteroatoms. The molecule has 1 aliphatic carbocycles. The summed E-state index contributed by atoms with van der Waals surface area (Å²) in [5, 5.41) is 4.04. The van der Waals surface area contributed by atoms with Crippen LogP contribution in [0.4, 0.5) is 10.1 Å².